The highest BCUT2D eigenvalue weighted by Gasteiger charge is 2.40. The van der Waals surface area contributed by atoms with E-state index < -0.39 is 11.8 Å². The number of amides is 3. The Bertz CT molecular complexity index is 1460. The highest BCUT2D eigenvalue weighted by atomic mass is 35.5. The number of methoxy groups -OCH3 is 2. The largest absolute Gasteiger partial charge is 0.497 e. The van der Waals surface area contributed by atoms with Gasteiger partial charge in [0.25, 0.3) is 17.7 Å². The Kier molecular flexibility index (Phi) is 7.42. The molecule has 212 valence electrons. The predicted octanol–water partition coefficient (Wildman–Crippen LogP) is 4.32. The maximum absolute atomic E-state index is 13.5. The van der Waals surface area contributed by atoms with E-state index in [1.54, 1.807) is 31.4 Å². The molecule has 2 unspecified atom stereocenters. The number of nitrogens with zero attached hydrogens (tertiary/aromatic N) is 2. The second-order valence-corrected chi connectivity index (χ2v) is 10.9. The number of nitrogens with one attached hydrogen (secondary N) is 1. The number of benzene rings is 3. The Morgan fingerprint density at radius 2 is 1.59 bits per heavy atom. The van der Waals surface area contributed by atoms with Crippen molar-refractivity contribution in [2.75, 3.05) is 32.3 Å². The minimum Gasteiger partial charge on any atom is -0.497 e. The number of hydrogen-bond acceptors (Lipinski definition) is 7. The molecule has 1 N–H and O–H groups in total. The summed E-state index contributed by atoms with van der Waals surface area (Å²) in [6.45, 7) is 2.00. The smallest absolute Gasteiger partial charge is 0.266 e. The summed E-state index contributed by atoms with van der Waals surface area (Å²) in [6, 6.07) is 17.9. The first-order valence-corrected chi connectivity index (χ1v) is 13.9. The third kappa shape index (κ3) is 5.05. The average molecular weight is 576 g/mol. The van der Waals surface area contributed by atoms with Gasteiger partial charge >= 0.3 is 0 Å². The van der Waals surface area contributed by atoms with Crippen LogP contribution in [0.5, 0.6) is 11.5 Å². The molecule has 3 aromatic carbocycles. The van der Waals surface area contributed by atoms with Gasteiger partial charge in [0.05, 0.1) is 54.8 Å². The Labute approximate surface area is 242 Å². The zero-order chi connectivity index (χ0) is 28.7. The number of anilines is 1. The highest BCUT2D eigenvalue weighted by molar-refractivity contribution is 6.40. The summed E-state index contributed by atoms with van der Waals surface area (Å²) >= 11 is 6.58. The van der Waals surface area contributed by atoms with Crippen LogP contribution in [0.15, 0.2) is 60.7 Å². The van der Waals surface area contributed by atoms with Crippen molar-refractivity contribution in [3.8, 4) is 11.5 Å². The molecular formula is C31H30ClN3O6. The fourth-order valence-corrected chi connectivity index (χ4v) is 6.29. The zero-order valence-electron chi connectivity index (χ0n) is 22.8. The van der Waals surface area contributed by atoms with Gasteiger partial charge in [-0.05, 0) is 48.7 Å². The lowest BCUT2D eigenvalue weighted by Crippen LogP contribution is -2.60. The summed E-state index contributed by atoms with van der Waals surface area (Å²) in [5.41, 5.74) is 2.22. The Morgan fingerprint density at radius 1 is 0.951 bits per heavy atom. The SMILES string of the molecule is COc1ccc(CN2C3COCC2CC(NC(=O)c2cc(Cl)c(N4C(=O)c5ccccc5C4=O)cc2OC)C3)cc1. The Balaban J connectivity index is 1.17. The van der Waals surface area contributed by atoms with Crippen molar-refractivity contribution in [2.24, 2.45) is 0 Å². The van der Waals surface area contributed by atoms with Crippen LogP contribution in [0.25, 0.3) is 0 Å². The van der Waals surface area contributed by atoms with Gasteiger partial charge in [0.2, 0.25) is 0 Å². The molecule has 0 spiro atoms. The molecule has 2 bridgehead atoms. The van der Waals surface area contributed by atoms with Gasteiger partial charge in [0.15, 0.2) is 0 Å². The average Bonchev–Trinajstić information content (AvgIpc) is 3.23. The molecule has 2 atom stereocenters. The minimum atomic E-state index is -0.470. The normalized spacial score (nSPS) is 21.9. The molecule has 10 heteroatoms. The van der Waals surface area contributed by atoms with Crippen molar-refractivity contribution < 1.29 is 28.6 Å². The summed E-state index contributed by atoms with van der Waals surface area (Å²) in [7, 11) is 3.09. The number of piperidine rings is 1. The quantitative estimate of drug-likeness (QED) is 0.419. The molecule has 3 aromatic rings. The molecule has 41 heavy (non-hydrogen) atoms. The van der Waals surface area contributed by atoms with Crippen LogP contribution in [0.4, 0.5) is 5.69 Å². The van der Waals surface area contributed by atoms with Gasteiger partial charge in [0.1, 0.15) is 11.5 Å². The summed E-state index contributed by atoms with van der Waals surface area (Å²) in [4.78, 5) is 43.0. The standard InChI is InChI=1S/C31H30ClN3O6/c1-39-22-9-7-18(8-10-22)15-34-20-11-19(12-21(34)17-41-16-20)33-29(36)25-13-26(32)27(14-28(25)40-2)35-30(37)23-5-3-4-6-24(23)31(35)38/h3-10,13-14,19-21H,11-12,15-17H2,1-2H3,(H,33,36). The van der Waals surface area contributed by atoms with Crippen molar-refractivity contribution in [3.05, 3.63) is 87.9 Å². The monoisotopic (exact) mass is 575 g/mol. The first kappa shape index (κ1) is 27.3. The molecule has 3 aliphatic rings. The topological polar surface area (TPSA) is 97.4 Å². The number of fused-ring (bicyclic) bond motifs is 3. The molecule has 0 aromatic heterocycles. The van der Waals surface area contributed by atoms with Crippen molar-refractivity contribution in [1.82, 2.24) is 10.2 Å². The third-order valence-electron chi connectivity index (χ3n) is 8.08. The molecule has 3 amide bonds. The number of imide groups is 1. The van der Waals surface area contributed by atoms with Crippen LogP contribution in [0.1, 0.15) is 49.5 Å². The Morgan fingerprint density at radius 3 is 2.17 bits per heavy atom. The molecule has 0 saturated carbocycles. The van der Waals surface area contributed by atoms with Crippen molar-refractivity contribution in [2.45, 2.75) is 37.5 Å². The highest BCUT2D eigenvalue weighted by Crippen LogP contribution is 2.38. The van der Waals surface area contributed by atoms with Crippen LogP contribution in [-0.4, -0.2) is 68.2 Å². The molecule has 0 radical (unpaired) electrons. The van der Waals surface area contributed by atoms with E-state index >= 15 is 0 Å². The molecule has 3 heterocycles. The third-order valence-corrected chi connectivity index (χ3v) is 8.38. The molecule has 6 rings (SSSR count). The number of halogens is 1. The lowest BCUT2D eigenvalue weighted by Gasteiger charge is -2.48. The van der Waals surface area contributed by atoms with Gasteiger partial charge in [-0.15, -0.1) is 0 Å². The van der Waals surface area contributed by atoms with Crippen molar-refractivity contribution >= 4 is 35.0 Å². The van der Waals surface area contributed by atoms with E-state index in [0.29, 0.717) is 24.3 Å². The van der Waals surface area contributed by atoms with E-state index in [9.17, 15) is 14.4 Å². The number of carbonyl (C=O) groups is 3. The lowest BCUT2D eigenvalue weighted by atomic mass is 9.89. The van der Waals surface area contributed by atoms with Crippen LogP contribution < -0.4 is 19.7 Å². The van der Waals surface area contributed by atoms with E-state index in [0.717, 1.165) is 30.0 Å². The van der Waals surface area contributed by atoms with E-state index in [-0.39, 0.29) is 46.1 Å². The molecule has 9 nitrogen and oxygen atoms in total. The maximum Gasteiger partial charge on any atom is 0.266 e. The molecule has 2 saturated heterocycles. The first-order chi connectivity index (χ1) is 19.9. The van der Waals surface area contributed by atoms with Gasteiger partial charge in [-0.3, -0.25) is 19.3 Å². The van der Waals surface area contributed by atoms with Crippen LogP contribution in [-0.2, 0) is 11.3 Å². The van der Waals surface area contributed by atoms with Crippen LogP contribution in [0.3, 0.4) is 0 Å². The maximum atomic E-state index is 13.5. The second kappa shape index (κ2) is 11.2. The first-order valence-electron chi connectivity index (χ1n) is 13.5. The summed E-state index contributed by atoms with van der Waals surface area (Å²) < 4.78 is 16.7. The predicted molar refractivity (Wildman–Crippen MR) is 153 cm³/mol. The summed E-state index contributed by atoms with van der Waals surface area (Å²) in [6.07, 6.45) is 1.48. The van der Waals surface area contributed by atoms with E-state index in [1.165, 1.54) is 24.8 Å². The Hall–Kier alpha value is -3.92. The van der Waals surface area contributed by atoms with Gasteiger partial charge < -0.3 is 19.5 Å². The lowest BCUT2D eigenvalue weighted by molar-refractivity contribution is -0.0843. The van der Waals surface area contributed by atoms with Crippen LogP contribution >= 0.6 is 11.6 Å². The number of morpholine rings is 1. The van der Waals surface area contributed by atoms with E-state index in [1.807, 2.05) is 12.1 Å². The van der Waals surface area contributed by atoms with Crippen molar-refractivity contribution in [3.63, 3.8) is 0 Å². The number of carbonyl (C=O) groups excluding carboxylic acids is 3. The van der Waals surface area contributed by atoms with Crippen LogP contribution in [0.2, 0.25) is 5.02 Å². The zero-order valence-corrected chi connectivity index (χ0v) is 23.5. The number of rotatable bonds is 7. The molecule has 3 aliphatic heterocycles. The minimum absolute atomic E-state index is 0.0621. The van der Waals surface area contributed by atoms with Crippen LogP contribution in [0, 0.1) is 0 Å². The molecular weight excluding hydrogens is 546 g/mol. The molecule has 2 fully saturated rings. The van der Waals surface area contributed by atoms with Gasteiger partial charge in [-0.1, -0.05) is 35.9 Å². The second-order valence-electron chi connectivity index (χ2n) is 10.5. The molecule has 0 aliphatic carbocycles. The van der Waals surface area contributed by atoms with E-state index in [4.69, 9.17) is 25.8 Å². The fourth-order valence-electron chi connectivity index (χ4n) is 6.04. The fraction of sp³-hybridized carbons (Fsp3) is 0.323. The number of hydrogen-bond donors (Lipinski definition) is 1. The van der Waals surface area contributed by atoms with Crippen molar-refractivity contribution in [1.29, 1.82) is 0 Å². The number of ether oxygens (including phenoxy) is 3. The van der Waals surface area contributed by atoms with Gasteiger partial charge in [0, 0.05) is 30.7 Å². The van der Waals surface area contributed by atoms with E-state index in [2.05, 4.69) is 22.3 Å². The summed E-state index contributed by atoms with van der Waals surface area (Å²) in [5.74, 6) is -0.223. The van der Waals surface area contributed by atoms with Gasteiger partial charge in [-0.25, -0.2) is 4.90 Å². The summed E-state index contributed by atoms with van der Waals surface area (Å²) in [5, 5.41) is 3.26. The van der Waals surface area contributed by atoms with Gasteiger partial charge in [-0.2, -0.15) is 0 Å².